The summed E-state index contributed by atoms with van der Waals surface area (Å²) in [5, 5.41) is 2.75. The van der Waals surface area contributed by atoms with Crippen molar-refractivity contribution in [1.82, 2.24) is 5.32 Å². The average molecular weight is 344 g/mol. The fourth-order valence-corrected chi connectivity index (χ4v) is 2.13. The number of hydrogen-bond acceptors (Lipinski definition) is 4. The van der Waals surface area contributed by atoms with Crippen molar-refractivity contribution in [3.63, 3.8) is 0 Å². The van der Waals surface area contributed by atoms with Crippen LogP contribution in [-0.2, 0) is 17.6 Å². The Balaban J connectivity index is 0.000000257. The predicted molar refractivity (Wildman–Crippen MR) is 101 cm³/mol. The molecular weight excluding hydrogens is 316 g/mol. The normalized spacial score (nSPS) is 9.60. The number of ether oxygens (including phenoxy) is 2. The van der Waals surface area contributed by atoms with Gasteiger partial charge in [0.15, 0.2) is 0 Å². The number of carbonyl (C=O) groups excluding carboxylic acids is 1. The van der Waals surface area contributed by atoms with Crippen LogP contribution in [0.15, 0.2) is 48.5 Å². The number of rotatable bonds is 7. The number of hydrogen-bond donors (Lipinski definition) is 2. The second-order valence-corrected chi connectivity index (χ2v) is 5.47. The highest BCUT2D eigenvalue weighted by Crippen LogP contribution is 2.11. The molecule has 0 aliphatic heterocycles. The summed E-state index contributed by atoms with van der Waals surface area (Å²) in [5.41, 5.74) is 7.85. The van der Waals surface area contributed by atoms with E-state index in [1.807, 2.05) is 48.5 Å². The van der Waals surface area contributed by atoms with Crippen LogP contribution in [0, 0.1) is 0 Å². The smallest absolute Gasteiger partial charge is 0.216 e. The van der Waals surface area contributed by atoms with Gasteiger partial charge in [0, 0.05) is 13.5 Å². The maximum atomic E-state index is 10.6. The zero-order valence-corrected chi connectivity index (χ0v) is 15.2. The summed E-state index contributed by atoms with van der Waals surface area (Å²) in [7, 11) is 3.31. The summed E-state index contributed by atoms with van der Waals surface area (Å²) in [6, 6.07) is 15.8. The van der Waals surface area contributed by atoms with E-state index in [-0.39, 0.29) is 5.91 Å². The highest BCUT2D eigenvalue weighted by molar-refractivity contribution is 5.72. The first kappa shape index (κ1) is 20.5. The van der Waals surface area contributed by atoms with Gasteiger partial charge in [-0.05, 0) is 54.8 Å². The maximum absolute atomic E-state index is 10.6. The standard InChI is InChI=1S/C11H15NO2.C9H13NO/c1-9(13)12-8-7-10-3-5-11(14-2)6-4-10;1-11-9-4-2-8(3-5-9)6-7-10/h3-6H,7-8H2,1-2H3,(H,12,13);2-5H,6-7,10H2,1H3. The SMILES string of the molecule is COc1ccc(CCN)cc1.COc1ccc(CCNC(C)=O)cc1. The van der Waals surface area contributed by atoms with Crippen LogP contribution in [0.5, 0.6) is 11.5 Å². The van der Waals surface area contributed by atoms with Crippen molar-refractivity contribution in [2.75, 3.05) is 27.3 Å². The van der Waals surface area contributed by atoms with E-state index in [2.05, 4.69) is 5.32 Å². The molecule has 0 aromatic heterocycles. The monoisotopic (exact) mass is 344 g/mol. The van der Waals surface area contributed by atoms with Crippen LogP contribution in [0.25, 0.3) is 0 Å². The van der Waals surface area contributed by atoms with Crippen molar-refractivity contribution in [2.24, 2.45) is 5.73 Å². The van der Waals surface area contributed by atoms with Crippen LogP contribution in [0.2, 0.25) is 0 Å². The number of amides is 1. The van der Waals surface area contributed by atoms with Crippen LogP contribution >= 0.6 is 0 Å². The Hall–Kier alpha value is -2.53. The Morgan fingerprint density at radius 3 is 1.68 bits per heavy atom. The van der Waals surface area contributed by atoms with E-state index in [0.717, 1.165) is 24.3 Å². The summed E-state index contributed by atoms with van der Waals surface area (Å²) in [4.78, 5) is 10.6. The summed E-state index contributed by atoms with van der Waals surface area (Å²) >= 11 is 0. The molecule has 0 heterocycles. The second kappa shape index (κ2) is 11.9. The number of nitrogens with two attached hydrogens (primary N) is 1. The molecule has 0 atom stereocenters. The molecule has 0 saturated heterocycles. The van der Waals surface area contributed by atoms with Gasteiger partial charge in [-0.25, -0.2) is 0 Å². The third-order valence-electron chi connectivity index (χ3n) is 3.54. The zero-order chi connectivity index (χ0) is 18.5. The average Bonchev–Trinajstić information content (AvgIpc) is 2.63. The van der Waals surface area contributed by atoms with Crippen molar-refractivity contribution in [1.29, 1.82) is 0 Å². The van der Waals surface area contributed by atoms with Crippen LogP contribution in [0.4, 0.5) is 0 Å². The van der Waals surface area contributed by atoms with E-state index in [1.165, 1.54) is 18.1 Å². The lowest BCUT2D eigenvalue weighted by Crippen LogP contribution is -2.22. The molecule has 0 fully saturated rings. The van der Waals surface area contributed by atoms with Gasteiger partial charge in [-0.1, -0.05) is 24.3 Å². The summed E-state index contributed by atoms with van der Waals surface area (Å²) in [6.07, 6.45) is 1.79. The van der Waals surface area contributed by atoms with Gasteiger partial charge in [-0.15, -0.1) is 0 Å². The van der Waals surface area contributed by atoms with E-state index < -0.39 is 0 Å². The first-order valence-electron chi connectivity index (χ1n) is 8.29. The van der Waals surface area contributed by atoms with Gasteiger partial charge in [-0.3, -0.25) is 4.79 Å². The van der Waals surface area contributed by atoms with Gasteiger partial charge < -0.3 is 20.5 Å². The molecule has 25 heavy (non-hydrogen) atoms. The lowest BCUT2D eigenvalue weighted by atomic mass is 10.1. The molecule has 0 bridgehead atoms. The first-order chi connectivity index (χ1) is 12.1. The van der Waals surface area contributed by atoms with Gasteiger partial charge in [-0.2, -0.15) is 0 Å². The lowest BCUT2D eigenvalue weighted by Gasteiger charge is -2.03. The first-order valence-corrected chi connectivity index (χ1v) is 8.29. The van der Waals surface area contributed by atoms with Crippen LogP contribution < -0.4 is 20.5 Å². The number of methoxy groups -OCH3 is 2. The quantitative estimate of drug-likeness (QED) is 0.810. The van der Waals surface area contributed by atoms with E-state index >= 15 is 0 Å². The van der Waals surface area contributed by atoms with Gasteiger partial charge in [0.1, 0.15) is 11.5 Å². The maximum Gasteiger partial charge on any atom is 0.216 e. The fraction of sp³-hybridized carbons (Fsp3) is 0.350. The number of nitrogens with one attached hydrogen (secondary N) is 1. The molecule has 3 N–H and O–H groups in total. The molecule has 5 nitrogen and oxygen atoms in total. The van der Waals surface area contributed by atoms with Crippen molar-refractivity contribution < 1.29 is 14.3 Å². The Kier molecular flexibility index (Phi) is 9.78. The van der Waals surface area contributed by atoms with E-state index in [0.29, 0.717) is 13.1 Å². The minimum Gasteiger partial charge on any atom is -0.497 e. The topological polar surface area (TPSA) is 73.6 Å². The van der Waals surface area contributed by atoms with E-state index in [4.69, 9.17) is 15.2 Å². The minimum atomic E-state index is 0.0125. The molecule has 2 rings (SSSR count). The van der Waals surface area contributed by atoms with Gasteiger partial charge in [0.2, 0.25) is 5.91 Å². The molecule has 136 valence electrons. The highest BCUT2D eigenvalue weighted by atomic mass is 16.5. The molecule has 0 saturated carbocycles. The molecule has 0 aliphatic carbocycles. The Labute approximate surface area is 150 Å². The fourth-order valence-electron chi connectivity index (χ4n) is 2.13. The molecule has 2 aromatic carbocycles. The number of benzene rings is 2. The molecule has 0 spiro atoms. The van der Waals surface area contributed by atoms with Crippen molar-refractivity contribution in [3.8, 4) is 11.5 Å². The summed E-state index contributed by atoms with van der Waals surface area (Å²) in [5.74, 6) is 1.76. The zero-order valence-electron chi connectivity index (χ0n) is 15.2. The van der Waals surface area contributed by atoms with Crippen LogP contribution in [0.3, 0.4) is 0 Å². The second-order valence-electron chi connectivity index (χ2n) is 5.47. The third kappa shape index (κ3) is 8.77. The number of carbonyl (C=O) groups is 1. The van der Waals surface area contributed by atoms with Crippen LogP contribution in [-0.4, -0.2) is 33.2 Å². The van der Waals surface area contributed by atoms with E-state index in [9.17, 15) is 4.79 Å². The molecule has 1 amide bonds. The summed E-state index contributed by atoms with van der Waals surface area (Å²) in [6.45, 7) is 2.90. The predicted octanol–water partition coefficient (Wildman–Crippen LogP) is 2.57. The molecule has 0 aliphatic rings. The molecule has 0 radical (unpaired) electrons. The summed E-state index contributed by atoms with van der Waals surface area (Å²) < 4.78 is 10.1. The van der Waals surface area contributed by atoms with Crippen molar-refractivity contribution in [3.05, 3.63) is 59.7 Å². The Morgan fingerprint density at radius 2 is 1.32 bits per heavy atom. The lowest BCUT2D eigenvalue weighted by molar-refractivity contribution is -0.118. The third-order valence-corrected chi connectivity index (χ3v) is 3.54. The molecule has 5 heteroatoms. The molecule has 0 unspecified atom stereocenters. The Bertz CT molecular complexity index is 610. The van der Waals surface area contributed by atoms with E-state index in [1.54, 1.807) is 14.2 Å². The highest BCUT2D eigenvalue weighted by Gasteiger charge is 1.95. The largest absolute Gasteiger partial charge is 0.497 e. The van der Waals surface area contributed by atoms with Crippen LogP contribution in [0.1, 0.15) is 18.1 Å². The molecular formula is C20H28N2O3. The van der Waals surface area contributed by atoms with Crippen molar-refractivity contribution >= 4 is 5.91 Å². The Morgan fingerprint density at radius 1 is 0.880 bits per heavy atom. The van der Waals surface area contributed by atoms with Crippen molar-refractivity contribution in [2.45, 2.75) is 19.8 Å². The van der Waals surface area contributed by atoms with Gasteiger partial charge in [0.05, 0.1) is 14.2 Å². The van der Waals surface area contributed by atoms with Gasteiger partial charge >= 0.3 is 0 Å². The van der Waals surface area contributed by atoms with Gasteiger partial charge in [0.25, 0.3) is 0 Å². The minimum absolute atomic E-state index is 0.0125. The molecule has 2 aromatic rings.